The van der Waals surface area contributed by atoms with E-state index in [9.17, 15) is 9.59 Å². The predicted molar refractivity (Wildman–Crippen MR) is 112 cm³/mol. The summed E-state index contributed by atoms with van der Waals surface area (Å²) in [5.41, 5.74) is 2.06. The number of benzene rings is 2. The van der Waals surface area contributed by atoms with Crippen LogP contribution in [0.15, 0.2) is 72.9 Å². The zero-order valence-corrected chi connectivity index (χ0v) is 16.1. The van der Waals surface area contributed by atoms with Gasteiger partial charge in [0.15, 0.2) is 6.61 Å². The topological polar surface area (TPSA) is 92.3 Å². The lowest BCUT2D eigenvalue weighted by Crippen LogP contribution is -2.28. The lowest BCUT2D eigenvalue weighted by molar-refractivity contribution is -0.118. The maximum Gasteiger partial charge on any atom is 0.319 e. The van der Waals surface area contributed by atoms with Crippen molar-refractivity contribution in [1.82, 2.24) is 10.3 Å². The standard InChI is InChI=1S/C21H19ClN4O3/c22-19-10-9-15(12-23-19)13-24-21(28)26-17-7-4-8-18(11-17)29-14-20(27)25-16-5-2-1-3-6-16/h1-12H,13-14H2,(H,25,27)(H2,24,26,28). The number of ether oxygens (including phenoxy) is 1. The fourth-order valence-corrected chi connectivity index (χ4v) is 2.51. The Hall–Kier alpha value is -3.58. The molecule has 0 bridgehead atoms. The van der Waals surface area contributed by atoms with Gasteiger partial charge in [0, 0.05) is 30.2 Å². The fraction of sp³-hybridized carbons (Fsp3) is 0.0952. The number of anilines is 2. The average molecular weight is 411 g/mol. The van der Waals surface area contributed by atoms with Crippen molar-refractivity contribution in [3.63, 3.8) is 0 Å². The van der Waals surface area contributed by atoms with E-state index in [-0.39, 0.29) is 18.5 Å². The van der Waals surface area contributed by atoms with Crippen molar-refractivity contribution in [2.24, 2.45) is 0 Å². The minimum Gasteiger partial charge on any atom is -0.484 e. The van der Waals surface area contributed by atoms with Gasteiger partial charge in [-0.15, -0.1) is 0 Å². The van der Waals surface area contributed by atoms with E-state index in [1.807, 2.05) is 18.2 Å². The van der Waals surface area contributed by atoms with E-state index >= 15 is 0 Å². The SMILES string of the molecule is O=C(COc1cccc(NC(=O)NCc2ccc(Cl)nc2)c1)Nc1ccccc1. The fourth-order valence-electron chi connectivity index (χ4n) is 2.40. The molecule has 0 fully saturated rings. The Bertz CT molecular complexity index is 965. The van der Waals surface area contributed by atoms with Crippen molar-refractivity contribution >= 4 is 34.9 Å². The molecule has 3 amide bonds. The molecule has 1 heterocycles. The molecule has 148 valence electrons. The van der Waals surface area contributed by atoms with Crippen molar-refractivity contribution in [2.75, 3.05) is 17.2 Å². The maximum atomic E-state index is 12.1. The van der Waals surface area contributed by atoms with Crippen LogP contribution in [0.4, 0.5) is 16.2 Å². The highest BCUT2D eigenvalue weighted by molar-refractivity contribution is 6.29. The molecule has 3 rings (SSSR count). The molecule has 0 spiro atoms. The molecule has 0 saturated carbocycles. The molecular weight excluding hydrogens is 392 g/mol. The second kappa shape index (κ2) is 10.1. The number of aromatic nitrogens is 1. The number of nitrogens with zero attached hydrogens (tertiary/aromatic N) is 1. The third kappa shape index (κ3) is 6.82. The summed E-state index contributed by atoms with van der Waals surface area (Å²) in [5.74, 6) is 0.191. The van der Waals surface area contributed by atoms with Gasteiger partial charge in [0.1, 0.15) is 10.9 Å². The number of hydrogen-bond donors (Lipinski definition) is 3. The number of para-hydroxylation sites is 1. The average Bonchev–Trinajstić information content (AvgIpc) is 2.73. The van der Waals surface area contributed by atoms with Gasteiger partial charge in [-0.2, -0.15) is 0 Å². The number of carbonyl (C=O) groups is 2. The lowest BCUT2D eigenvalue weighted by atomic mass is 10.3. The summed E-state index contributed by atoms with van der Waals surface area (Å²) in [5, 5.41) is 8.57. The van der Waals surface area contributed by atoms with Gasteiger partial charge in [0.05, 0.1) is 0 Å². The number of urea groups is 1. The molecule has 0 unspecified atom stereocenters. The zero-order valence-electron chi connectivity index (χ0n) is 15.4. The largest absolute Gasteiger partial charge is 0.484 e. The van der Waals surface area contributed by atoms with Gasteiger partial charge < -0.3 is 20.7 Å². The third-order valence-corrected chi connectivity index (χ3v) is 3.98. The van der Waals surface area contributed by atoms with E-state index in [2.05, 4.69) is 20.9 Å². The van der Waals surface area contributed by atoms with Crippen LogP contribution in [0.5, 0.6) is 5.75 Å². The van der Waals surface area contributed by atoms with Gasteiger partial charge in [-0.25, -0.2) is 9.78 Å². The Balaban J connectivity index is 1.46. The van der Waals surface area contributed by atoms with Crippen LogP contribution in [0, 0.1) is 0 Å². The van der Waals surface area contributed by atoms with Crippen molar-refractivity contribution in [1.29, 1.82) is 0 Å². The van der Waals surface area contributed by atoms with Gasteiger partial charge in [0.25, 0.3) is 5.91 Å². The Labute approximate surface area is 173 Å². The molecule has 0 aliphatic rings. The number of pyridine rings is 1. The van der Waals surface area contributed by atoms with Crippen molar-refractivity contribution in [3.05, 3.63) is 83.6 Å². The molecule has 2 aromatic carbocycles. The molecule has 0 saturated heterocycles. The molecule has 8 heteroatoms. The lowest BCUT2D eigenvalue weighted by Gasteiger charge is -2.10. The van der Waals surface area contributed by atoms with Gasteiger partial charge in [-0.05, 0) is 35.9 Å². The maximum absolute atomic E-state index is 12.1. The molecular formula is C21H19ClN4O3. The summed E-state index contributed by atoms with van der Waals surface area (Å²) >= 11 is 5.73. The van der Waals surface area contributed by atoms with E-state index in [1.165, 1.54) is 0 Å². The van der Waals surface area contributed by atoms with Gasteiger partial charge >= 0.3 is 6.03 Å². The second-order valence-corrected chi connectivity index (χ2v) is 6.41. The number of nitrogens with one attached hydrogen (secondary N) is 3. The summed E-state index contributed by atoms with van der Waals surface area (Å²) in [7, 11) is 0. The molecule has 0 aliphatic carbocycles. The van der Waals surface area contributed by atoms with Crippen LogP contribution in [0.1, 0.15) is 5.56 Å². The summed E-state index contributed by atoms with van der Waals surface area (Å²) in [6.07, 6.45) is 1.59. The molecule has 1 aromatic heterocycles. The quantitative estimate of drug-likeness (QED) is 0.512. The first-order chi connectivity index (χ1) is 14.1. The minimum atomic E-state index is -0.376. The smallest absolute Gasteiger partial charge is 0.319 e. The minimum absolute atomic E-state index is 0.145. The summed E-state index contributed by atoms with van der Waals surface area (Å²) in [6, 6.07) is 19.0. The Morgan fingerprint density at radius 1 is 0.931 bits per heavy atom. The van der Waals surface area contributed by atoms with E-state index < -0.39 is 0 Å². The van der Waals surface area contributed by atoms with E-state index in [4.69, 9.17) is 16.3 Å². The number of amides is 3. The highest BCUT2D eigenvalue weighted by atomic mass is 35.5. The van der Waals surface area contributed by atoms with Crippen LogP contribution in [0.2, 0.25) is 5.15 Å². The highest BCUT2D eigenvalue weighted by Crippen LogP contribution is 2.17. The zero-order chi connectivity index (χ0) is 20.5. The monoisotopic (exact) mass is 410 g/mol. The van der Waals surface area contributed by atoms with Crippen LogP contribution in [0.25, 0.3) is 0 Å². The highest BCUT2D eigenvalue weighted by Gasteiger charge is 2.06. The molecule has 0 atom stereocenters. The normalized spacial score (nSPS) is 10.1. The molecule has 7 nitrogen and oxygen atoms in total. The van der Waals surface area contributed by atoms with Crippen LogP contribution in [0.3, 0.4) is 0 Å². The molecule has 3 aromatic rings. The van der Waals surface area contributed by atoms with Crippen LogP contribution >= 0.6 is 11.6 Å². The van der Waals surface area contributed by atoms with Crippen molar-refractivity contribution in [3.8, 4) is 5.75 Å². The molecule has 3 N–H and O–H groups in total. The van der Waals surface area contributed by atoms with E-state index in [1.54, 1.807) is 54.7 Å². The number of rotatable bonds is 7. The third-order valence-electron chi connectivity index (χ3n) is 3.76. The first kappa shape index (κ1) is 20.2. The molecule has 29 heavy (non-hydrogen) atoms. The second-order valence-electron chi connectivity index (χ2n) is 6.03. The van der Waals surface area contributed by atoms with E-state index in [0.717, 1.165) is 5.56 Å². The van der Waals surface area contributed by atoms with Crippen molar-refractivity contribution < 1.29 is 14.3 Å². The first-order valence-electron chi connectivity index (χ1n) is 8.81. The van der Waals surface area contributed by atoms with Crippen molar-refractivity contribution in [2.45, 2.75) is 6.54 Å². The Kier molecular flexibility index (Phi) is 7.02. The molecule has 0 aliphatic heterocycles. The first-order valence-corrected chi connectivity index (χ1v) is 9.19. The van der Waals surface area contributed by atoms with Crippen LogP contribution < -0.4 is 20.7 Å². The van der Waals surface area contributed by atoms with E-state index in [0.29, 0.717) is 28.8 Å². The number of hydrogen-bond acceptors (Lipinski definition) is 4. The summed E-state index contributed by atoms with van der Waals surface area (Å²) in [6.45, 7) is 0.167. The molecule has 0 radical (unpaired) electrons. The number of carbonyl (C=O) groups excluding carboxylic acids is 2. The number of halogens is 1. The predicted octanol–water partition coefficient (Wildman–Crippen LogP) is 4.07. The van der Waals surface area contributed by atoms with Gasteiger partial charge in [-0.1, -0.05) is 41.9 Å². The summed E-state index contributed by atoms with van der Waals surface area (Å²) < 4.78 is 5.50. The van der Waals surface area contributed by atoms with Gasteiger partial charge in [-0.3, -0.25) is 4.79 Å². The Morgan fingerprint density at radius 2 is 1.72 bits per heavy atom. The van der Waals surface area contributed by atoms with Crippen LogP contribution in [-0.2, 0) is 11.3 Å². The Morgan fingerprint density at radius 3 is 2.48 bits per heavy atom. The summed E-state index contributed by atoms with van der Waals surface area (Å²) in [4.78, 5) is 28.0. The van der Waals surface area contributed by atoms with Gasteiger partial charge in [0.2, 0.25) is 0 Å². The van der Waals surface area contributed by atoms with Crippen LogP contribution in [-0.4, -0.2) is 23.5 Å².